The number of carboxylic acids is 1. The highest BCUT2D eigenvalue weighted by molar-refractivity contribution is 6.33. The molecule has 0 radical (unpaired) electrons. The van der Waals surface area contributed by atoms with Gasteiger partial charge in [0.05, 0.1) is 10.6 Å². The Balaban J connectivity index is 2.17. The number of carboxylic acid groups (broad SMARTS) is 1. The van der Waals surface area contributed by atoms with Crippen molar-refractivity contribution < 1.29 is 42.0 Å². The van der Waals surface area contributed by atoms with Gasteiger partial charge < -0.3 is 24.6 Å². The van der Waals surface area contributed by atoms with Gasteiger partial charge >= 0.3 is 19.2 Å². The largest absolute Gasteiger partial charge is 0.478 e. The summed E-state index contributed by atoms with van der Waals surface area (Å²) in [6.07, 6.45) is 1.29. The maximum absolute atomic E-state index is 12.9. The van der Waals surface area contributed by atoms with Crippen molar-refractivity contribution in [2.45, 2.75) is 19.5 Å². The fraction of sp³-hybridized carbons (Fsp3) is 0.143. The van der Waals surface area contributed by atoms with Crippen molar-refractivity contribution in [3.05, 3.63) is 77.1 Å². The molecule has 12 heteroatoms. The lowest BCUT2D eigenvalue weighted by molar-refractivity contribution is -0.0692. The second-order valence-electron chi connectivity index (χ2n) is 6.39. The summed E-state index contributed by atoms with van der Waals surface area (Å²) >= 11 is 5.93. The molecule has 0 spiro atoms. The van der Waals surface area contributed by atoms with Crippen molar-refractivity contribution >= 4 is 28.9 Å². The first-order chi connectivity index (χ1) is 15.7. The lowest BCUT2D eigenvalue weighted by Gasteiger charge is -2.31. The number of hydrogen-bond acceptors (Lipinski definition) is 6. The van der Waals surface area contributed by atoms with E-state index in [-0.39, 0.29) is 27.5 Å². The van der Waals surface area contributed by atoms with Gasteiger partial charge in [-0.1, -0.05) is 17.7 Å². The Morgan fingerprint density at radius 1 is 0.970 bits per heavy atom. The van der Waals surface area contributed by atoms with Gasteiger partial charge in [-0.15, -0.1) is 0 Å². The molecule has 0 saturated carbocycles. The van der Waals surface area contributed by atoms with Crippen LogP contribution in [0, 0.1) is 0 Å². The summed E-state index contributed by atoms with van der Waals surface area (Å²) in [4.78, 5) is 16.6. The van der Waals surface area contributed by atoms with E-state index < -0.39 is 36.9 Å². The molecule has 174 valence electrons. The van der Waals surface area contributed by atoms with E-state index in [9.17, 15) is 32.6 Å². The number of benzene rings is 2. The number of hydrogen-bond donors (Lipinski definition) is 2. The van der Waals surface area contributed by atoms with Crippen LogP contribution in [0.5, 0.6) is 11.5 Å². The molecule has 0 aliphatic rings. The fourth-order valence-electron chi connectivity index (χ4n) is 2.96. The number of pyridine rings is 1. The number of rotatable bonds is 9. The first-order valence-electron chi connectivity index (χ1n) is 9.11. The smallest absolute Gasteiger partial charge is 0.387 e. The number of aliphatic hydroxyl groups is 1. The second-order valence-corrected chi connectivity index (χ2v) is 6.79. The molecule has 0 amide bonds. The van der Waals surface area contributed by atoms with Crippen LogP contribution in [-0.4, -0.2) is 34.4 Å². The molecule has 1 atom stereocenters. The number of aromatic carboxylic acids is 1. The molecule has 3 aromatic rings. The summed E-state index contributed by atoms with van der Waals surface area (Å²) < 4.78 is 59.7. The quantitative estimate of drug-likeness (QED) is 0.306. The Kier molecular flexibility index (Phi) is 7.56. The monoisotopic (exact) mass is 486 g/mol. The van der Waals surface area contributed by atoms with Crippen molar-refractivity contribution in [1.82, 2.24) is 4.98 Å². The number of nitrogens with zero attached hydrogens (tertiary/aromatic N) is 2. The van der Waals surface area contributed by atoms with Crippen molar-refractivity contribution in [2.24, 2.45) is 0 Å². The van der Waals surface area contributed by atoms with Crippen LogP contribution in [0.4, 0.5) is 28.9 Å². The van der Waals surface area contributed by atoms with E-state index in [1.165, 1.54) is 42.7 Å². The zero-order valence-electron chi connectivity index (χ0n) is 16.4. The summed E-state index contributed by atoms with van der Waals surface area (Å²) in [7, 11) is 0. The van der Waals surface area contributed by atoms with Gasteiger partial charge in [0.15, 0.2) is 17.7 Å². The molecule has 1 aromatic heterocycles. The van der Waals surface area contributed by atoms with Crippen LogP contribution >= 0.6 is 11.6 Å². The predicted octanol–water partition coefficient (Wildman–Crippen LogP) is 5.47. The topological polar surface area (TPSA) is 92.1 Å². The van der Waals surface area contributed by atoms with Gasteiger partial charge in [0.1, 0.15) is 0 Å². The molecule has 0 aliphatic heterocycles. The molecule has 0 bridgehead atoms. The van der Waals surface area contributed by atoms with Crippen LogP contribution in [-0.2, 0) is 0 Å². The number of halogens is 5. The Morgan fingerprint density at radius 2 is 1.61 bits per heavy atom. The molecule has 2 aromatic carbocycles. The van der Waals surface area contributed by atoms with Gasteiger partial charge in [-0.2, -0.15) is 17.6 Å². The molecule has 1 heterocycles. The van der Waals surface area contributed by atoms with E-state index in [4.69, 9.17) is 11.6 Å². The van der Waals surface area contributed by atoms with Crippen LogP contribution in [0.25, 0.3) is 0 Å². The number of anilines is 2. The standard InChI is InChI=1S/C21H15ClF4N2O5/c22-15-5-3-12(8-14(15)19(30)31)28(18(29)11-2-1-7-27-10-11)13-4-6-16(32-20(23)24)17(9-13)33-21(25)26/h1-10,18,20-21,29H,(H,30,31). The number of ether oxygens (including phenoxy) is 2. The number of alkyl halides is 4. The van der Waals surface area contributed by atoms with Crippen LogP contribution in [0.2, 0.25) is 5.02 Å². The molecule has 1 unspecified atom stereocenters. The van der Waals surface area contributed by atoms with Gasteiger partial charge in [-0.25, -0.2) is 4.79 Å². The third-order valence-electron chi connectivity index (χ3n) is 4.32. The number of carbonyl (C=O) groups is 1. The minimum atomic E-state index is -3.36. The molecule has 2 N–H and O–H groups in total. The normalized spacial score (nSPS) is 12.0. The highest BCUT2D eigenvalue weighted by atomic mass is 35.5. The maximum Gasteiger partial charge on any atom is 0.387 e. The summed E-state index contributed by atoms with van der Waals surface area (Å²) in [6, 6.07) is 9.95. The number of aromatic nitrogens is 1. The van der Waals surface area contributed by atoms with Gasteiger partial charge in [0.2, 0.25) is 0 Å². The van der Waals surface area contributed by atoms with Crippen molar-refractivity contribution in [2.75, 3.05) is 4.90 Å². The van der Waals surface area contributed by atoms with Crippen molar-refractivity contribution in [3.8, 4) is 11.5 Å². The summed E-state index contributed by atoms with van der Waals surface area (Å²) in [5, 5.41) is 20.4. The second kappa shape index (κ2) is 10.4. The van der Waals surface area contributed by atoms with Crippen LogP contribution in [0.15, 0.2) is 60.9 Å². The molecule has 33 heavy (non-hydrogen) atoms. The van der Waals surface area contributed by atoms with Gasteiger partial charge in [-0.3, -0.25) is 4.98 Å². The van der Waals surface area contributed by atoms with E-state index in [0.29, 0.717) is 0 Å². The highest BCUT2D eigenvalue weighted by Crippen LogP contribution is 2.40. The highest BCUT2D eigenvalue weighted by Gasteiger charge is 2.25. The Bertz CT molecular complexity index is 1120. The lowest BCUT2D eigenvalue weighted by atomic mass is 10.1. The van der Waals surface area contributed by atoms with Crippen LogP contribution in [0.3, 0.4) is 0 Å². The first-order valence-corrected chi connectivity index (χ1v) is 9.49. The summed E-state index contributed by atoms with van der Waals surface area (Å²) in [5.41, 5.74) is 0.0498. The van der Waals surface area contributed by atoms with Gasteiger partial charge in [0, 0.05) is 35.4 Å². The van der Waals surface area contributed by atoms with E-state index in [2.05, 4.69) is 14.5 Å². The molecular formula is C21H15ClF4N2O5. The maximum atomic E-state index is 12.9. The first kappa shape index (κ1) is 24.1. The summed E-state index contributed by atoms with van der Waals surface area (Å²) in [5.74, 6) is -2.73. The molecule has 7 nitrogen and oxygen atoms in total. The molecule has 0 fully saturated rings. The van der Waals surface area contributed by atoms with E-state index in [0.717, 1.165) is 23.1 Å². The SMILES string of the molecule is O=C(O)c1cc(N(c2ccc(OC(F)F)c(OC(F)F)c2)C(O)c2cccnc2)ccc1Cl. The lowest BCUT2D eigenvalue weighted by Crippen LogP contribution is -2.24. The van der Waals surface area contributed by atoms with E-state index >= 15 is 0 Å². The third-order valence-corrected chi connectivity index (χ3v) is 4.65. The summed E-state index contributed by atoms with van der Waals surface area (Å²) in [6.45, 7) is -6.66. The third kappa shape index (κ3) is 5.82. The molecule has 0 aliphatic carbocycles. The minimum absolute atomic E-state index is 0.0118. The average molecular weight is 487 g/mol. The predicted molar refractivity (Wildman–Crippen MR) is 109 cm³/mol. The molecule has 3 rings (SSSR count). The van der Waals surface area contributed by atoms with Crippen LogP contribution in [0.1, 0.15) is 22.1 Å². The van der Waals surface area contributed by atoms with Crippen molar-refractivity contribution in [1.29, 1.82) is 0 Å². The minimum Gasteiger partial charge on any atom is -0.478 e. The Morgan fingerprint density at radius 3 is 2.21 bits per heavy atom. The molecular weight excluding hydrogens is 472 g/mol. The molecule has 0 saturated heterocycles. The van der Waals surface area contributed by atoms with Crippen molar-refractivity contribution in [3.63, 3.8) is 0 Å². The van der Waals surface area contributed by atoms with E-state index in [1.807, 2.05) is 0 Å². The van der Waals surface area contributed by atoms with E-state index in [1.54, 1.807) is 0 Å². The zero-order chi connectivity index (χ0) is 24.1. The average Bonchev–Trinajstić information content (AvgIpc) is 2.76. The Labute approximate surface area is 189 Å². The van der Waals surface area contributed by atoms with Crippen LogP contribution < -0.4 is 14.4 Å². The Hall–Kier alpha value is -3.57. The zero-order valence-corrected chi connectivity index (χ0v) is 17.2. The number of aliphatic hydroxyl groups excluding tert-OH is 1. The fourth-order valence-corrected chi connectivity index (χ4v) is 3.16. The van der Waals surface area contributed by atoms with Gasteiger partial charge in [0.25, 0.3) is 0 Å². The van der Waals surface area contributed by atoms with Gasteiger partial charge in [-0.05, 0) is 36.4 Å².